The molecule has 1 aromatic carbocycles. The molecule has 1 amide bonds. The number of nitrogens with zero attached hydrogens (tertiary/aromatic N) is 1. The van der Waals surface area contributed by atoms with Crippen molar-refractivity contribution >= 4 is 15.7 Å². The summed E-state index contributed by atoms with van der Waals surface area (Å²) in [6.45, 7) is 0.279. The van der Waals surface area contributed by atoms with Crippen LogP contribution in [0.3, 0.4) is 0 Å². The lowest BCUT2D eigenvalue weighted by molar-refractivity contribution is 0.0666. The highest BCUT2D eigenvalue weighted by Crippen LogP contribution is 2.22. The quantitative estimate of drug-likeness (QED) is 0.865. The van der Waals surface area contributed by atoms with Crippen molar-refractivity contribution in [2.75, 3.05) is 11.5 Å². The normalized spacial score (nSPS) is 19.9. The summed E-state index contributed by atoms with van der Waals surface area (Å²) in [5.74, 6) is 0.633. The zero-order valence-corrected chi connectivity index (χ0v) is 12.8. The number of carbonyl (C=O) groups is 1. The molecule has 0 saturated carbocycles. The number of benzene rings is 1. The molecule has 1 aromatic heterocycles. The first-order chi connectivity index (χ1) is 10.6. The van der Waals surface area contributed by atoms with E-state index in [0.29, 0.717) is 17.7 Å². The lowest BCUT2D eigenvalue weighted by atomic mass is 10.1. The van der Waals surface area contributed by atoms with Crippen molar-refractivity contribution in [3.63, 3.8) is 0 Å². The van der Waals surface area contributed by atoms with E-state index >= 15 is 0 Å². The molecule has 0 unspecified atom stereocenters. The first-order valence-electron chi connectivity index (χ1n) is 7.14. The van der Waals surface area contributed by atoms with Crippen LogP contribution in [0.1, 0.15) is 22.5 Å². The summed E-state index contributed by atoms with van der Waals surface area (Å²) in [6, 6.07) is 12.1. The molecule has 2 heterocycles. The SMILES string of the molecule is O=C(c1ccccc1)N(Cc1ccco1)[C@@H]1CCS(=O)(=O)C1. The molecule has 0 N–H and O–H groups in total. The van der Waals surface area contributed by atoms with Gasteiger partial charge >= 0.3 is 0 Å². The molecular formula is C16H17NO4S. The van der Waals surface area contributed by atoms with Crippen molar-refractivity contribution in [2.45, 2.75) is 19.0 Å². The monoisotopic (exact) mass is 319 g/mol. The average Bonchev–Trinajstić information content (AvgIpc) is 3.14. The first kappa shape index (κ1) is 14.8. The molecule has 0 radical (unpaired) electrons. The number of hydrogen-bond donors (Lipinski definition) is 0. The lowest BCUT2D eigenvalue weighted by Gasteiger charge is -2.27. The van der Waals surface area contributed by atoms with Gasteiger partial charge in [-0.3, -0.25) is 4.79 Å². The first-order valence-corrected chi connectivity index (χ1v) is 8.96. The summed E-state index contributed by atoms with van der Waals surface area (Å²) in [4.78, 5) is 14.4. The second-order valence-corrected chi connectivity index (χ2v) is 7.66. The molecule has 1 aliphatic heterocycles. The van der Waals surface area contributed by atoms with E-state index in [9.17, 15) is 13.2 Å². The Balaban J connectivity index is 1.87. The number of furan rings is 1. The largest absolute Gasteiger partial charge is 0.467 e. The maximum absolute atomic E-state index is 12.8. The number of rotatable bonds is 4. The second-order valence-electron chi connectivity index (χ2n) is 5.44. The highest BCUT2D eigenvalue weighted by atomic mass is 32.2. The van der Waals surface area contributed by atoms with Crippen LogP contribution < -0.4 is 0 Å². The van der Waals surface area contributed by atoms with E-state index in [4.69, 9.17) is 4.42 Å². The average molecular weight is 319 g/mol. The molecule has 6 heteroatoms. The van der Waals surface area contributed by atoms with Crippen molar-refractivity contribution in [1.29, 1.82) is 0 Å². The van der Waals surface area contributed by atoms with Crippen molar-refractivity contribution in [3.05, 3.63) is 60.1 Å². The topological polar surface area (TPSA) is 67.6 Å². The van der Waals surface area contributed by atoms with E-state index in [1.807, 2.05) is 6.07 Å². The number of hydrogen-bond acceptors (Lipinski definition) is 4. The standard InChI is InChI=1S/C16H17NO4S/c18-16(13-5-2-1-3-6-13)17(11-15-7-4-9-21-15)14-8-10-22(19,20)12-14/h1-7,9,14H,8,10-12H2/t14-/m1/s1. The van der Waals surface area contributed by atoms with Crippen LogP contribution in [0.4, 0.5) is 0 Å². The Labute approximate surface area is 129 Å². The molecule has 0 aliphatic carbocycles. The molecular weight excluding hydrogens is 302 g/mol. The van der Waals surface area contributed by atoms with Crippen molar-refractivity contribution in [3.8, 4) is 0 Å². The molecule has 1 saturated heterocycles. The Hall–Kier alpha value is -2.08. The van der Waals surface area contributed by atoms with Crippen LogP contribution in [-0.4, -0.2) is 36.8 Å². The van der Waals surface area contributed by atoms with Crippen LogP contribution in [0.15, 0.2) is 53.1 Å². The number of carbonyl (C=O) groups excluding carboxylic acids is 1. The van der Waals surface area contributed by atoms with Crippen LogP contribution in [0, 0.1) is 0 Å². The highest BCUT2D eigenvalue weighted by molar-refractivity contribution is 7.91. The predicted octanol–water partition coefficient (Wildman–Crippen LogP) is 2.11. The van der Waals surface area contributed by atoms with E-state index in [2.05, 4.69) is 0 Å². The lowest BCUT2D eigenvalue weighted by Crippen LogP contribution is -2.40. The fourth-order valence-electron chi connectivity index (χ4n) is 2.70. The molecule has 1 aliphatic rings. The van der Waals surface area contributed by atoms with Gasteiger partial charge in [-0.25, -0.2) is 8.42 Å². The Morgan fingerprint density at radius 3 is 2.55 bits per heavy atom. The van der Waals surface area contributed by atoms with Gasteiger partial charge in [0.15, 0.2) is 9.84 Å². The fraction of sp³-hybridized carbons (Fsp3) is 0.312. The fourth-order valence-corrected chi connectivity index (χ4v) is 4.44. The minimum Gasteiger partial charge on any atom is -0.467 e. The van der Waals surface area contributed by atoms with Crippen molar-refractivity contribution in [1.82, 2.24) is 4.90 Å². The Kier molecular flexibility index (Phi) is 4.02. The van der Waals surface area contributed by atoms with E-state index in [1.54, 1.807) is 47.6 Å². The van der Waals surface area contributed by atoms with Crippen molar-refractivity contribution in [2.24, 2.45) is 0 Å². The summed E-state index contributed by atoms with van der Waals surface area (Å²) in [5.41, 5.74) is 0.554. The van der Waals surface area contributed by atoms with Crippen LogP contribution in [0.5, 0.6) is 0 Å². The molecule has 0 bridgehead atoms. The Morgan fingerprint density at radius 2 is 1.95 bits per heavy atom. The van der Waals surface area contributed by atoms with E-state index < -0.39 is 9.84 Å². The van der Waals surface area contributed by atoms with Crippen LogP contribution >= 0.6 is 0 Å². The minimum atomic E-state index is -3.06. The van der Waals surface area contributed by atoms with Gasteiger partial charge in [-0.2, -0.15) is 0 Å². The van der Waals surface area contributed by atoms with Crippen molar-refractivity contribution < 1.29 is 17.6 Å². The van der Waals surface area contributed by atoms with E-state index in [1.165, 1.54) is 0 Å². The van der Waals surface area contributed by atoms with Gasteiger partial charge in [0.2, 0.25) is 0 Å². The molecule has 3 rings (SSSR count). The maximum atomic E-state index is 12.8. The minimum absolute atomic E-state index is 0.0201. The summed E-state index contributed by atoms with van der Waals surface area (Å²) in [5, 5.41) is 0. The summed E-state index contributed by atoms with van der Waals surface area (Å²) < 4.78 is 28.8. The van der Waals surface area contributed by atoms with Gasteiger partial charge in [0.05, 0.1) is 24.3 Å². The molecule has 5 nitrogen and oxygen atoms in total. The third-order valence-corrected chi connectivity index (χ3v) is 5.59. The van der Waals surface area contributed by atoms with Gasteiger partial charge in [-0.05, 0) is 30.7 Å². The Morgan fingerprint density at radius 1 is 1.18 bits per heavy atom. The van der Waals surface area contributed by atoms with Gasteiger partial charge in [0, 0.05) is 11.6 Å². The zero-order valence-electron chi connectivity index (χ0n) is 12.0. The highest BCUT2D eigenvalue weighted by Gasteiger charge is 2.35. The molecule has 0 spiro atoms. The summed E-state index contributed by atoms with van der Waals surface area (Å²) in [7, 11) is -3.06. The zero-order chi connectivity index (χ0) is 15.6. The van der Waals surface area contributed by atoms with E-state index in [-0.39, 0.29) is 30.0 Å². The Bertz CT molecular complexity index is 738. The van der Waals surface area contributed by atoms with E-state index in [0.717, 1.165) is 0 Å². The van der Waals surface area contributed by atoms with Gasteiger partial charge in [-0.15, -0.1) is 0 Å². The third kappa shape index (κ3) is 3.22. The predicted molar refractivity (Wildman–Crippen MR) is 82.1 cm³/mol. The number of amides is 1. The molecule has 22 heavy (non-hydrogen) atoms. The van der Waals surface area contributed by atoms with Crippen LogP contribution in [0.25, 0.3) is 0 Å². The maximum Gasteiger partial charge on any atom is 0.254 e. The summed E-state index contributed by atoms with van der Waals surface area (Å²) >= 11 is 0. The molecule has 116 valence electrons. The third-order valence-electron chi connectivity index (χ3n) is 3.84. The van der Waals surface area contributed by atoms with Gasteiger partial charge in [0.25, 0.3) is 5.91 Å². The molecule has 1 fully saturated rings. The smallest absolute Gasteiger partial charge is 0.254 e. The van der Waals surface area contributed by atoms with Gasteiger partial charge in [-0.1, -0.05) is 18.2 Å². The van der Waals surface area contributed by atoms with Gasteiger partial charge in [0.1, 0.15) is 5.76 Å². The van der Waals surface area contributed by atoms with Crippen LogP contribution in [-0.2, 0) is 16.4 Å². The molecule has 1 atom stereocenters. The van der Waals surface area contributed by atoms with Gasteiger partial charge < -0.3 is 9.32 Å². The molecule has 2 aromatic rings. The van der Waals surface area contributed by atoms with Crippen LogP contribution in [0.2, 0.25) is 0 Å². The second kappa shape index (κ2) is 5.96. The summed E-state index contributed by atoms with van der Waals surface area (Å²) in [6.07, 6.45) is 2.02. The number of sulfone groups is 1.